The fourth-order valence-electron chi connectivity index (χ4n) is 5.74. The Morgan fingerprint density at radius 1 is 1.05 bits per heavy atom. The highest BCUT2D eigenvalue weighted by molar-refractivity contribution is 7.99. The van der Waals surface area contributed by atoms with Gasteiger partial charge in [-0.05, 0) is 54.9 Å². The Hall–Kier alpha value is -3.59. The van der Waals surface area contributed by atoms with Crippen LogP contribution in [0, 0.1) is 6.92 Å². The van der Waals surface area contributed by atoms with E-state index in [1.165, 1.54) is 17.3 Å². The Kier molecular flexibility index (Phi) is 8.78. The molecule has 222 valence electrons. The summed E-state index contributed by atoms with van der Waals surface area (Å²) >= 11 is 1.52. The van der Waals surface area contributed by atoms with Crippen molar-refractivity contribution in [3.05, 3.63) is 91.8 Å². The van der Waals surface area contributed by atoms with E-state index in [-0.39, 0.29) is 28.6 Å². The molecule has 1 aliphatic heterocycles. The van der Waals surface area contributed by atoms with Crippen molar-refractivity contribution in [2.24, 2.45) is 7.05 Å². The van der Waals surface area contributed by atoms with Crippen LogP contribution in [0.1, 0.15) is 74.9 Å². The quantitative estimate of drug-likeness (QED) is 0.170. The van der Waals surface area contributed by atoms with Gasteiger partial charge in [-0.2, -0.15) is 0 Å². The van der Waals surface area contributed by atoms with Gasteiger partial charge in [-0.3, -0.25) is 18.7 Å². The third-order valence-corrected chi connectivity index (χ3v) is 9.44. The summed E-state index contributed by atoms with van der Waals surface area (Å²) < 4.78 is 3.48. The van der Waals surface area contributed by atoms with Crippen molar-refractivity contribution in [1.82, 2.24) is 24.0 Å². The second-order valence-corrected chi connectivity index (χ2v) is 13.4. The van der Waals surface area contributed by atoms with E-state index in [0.717, 1.165) is 40.7 Å². The van der Waals surface area contributed by atoms with Crippen LogP contribution >= 0.6 is 11.8 Å². The average molecular weight is 588 g/mol. The molecule has 0 spiro atoms. The van der Waals surface area contributed by atoms with Crippen LogP contribution in [0.15, 0.2) is 63.3 Å². The molecule has 9 heteroatoms. The van der Waals surface area contributed by atoms with Gasteiger partial charge in [0.05, 0.1) is 11.0 Å². The van der Waals surface area contributed by atoms with Crippen molar-refractivity contribution in [3.8, 4) is 0 Å². The first-order valence-electron chi connectivity index (χ1n) is 14.8. The van der Waals surface area contributed by atoms with Crippen molar-refractivity contribution >= 4 is 28.7 Å². The zero-order valence-corrected chi connectivity index (χ0v) is 26.1. The van der Waals surface area contributed by atoms with Crippen molar-refractivity contribution in [2.45, 2.75) is 76.4 Å². The molecular formula is C33H41N5O3S. The standard InChI is InChI=1S/C33H41N5O3S/c1-22-26(21-23-12-14-24(15-13-23)33(2,3)4)30(40)36(5)32(34-22)42-20-8-11-29(39)37-18-16-25(17-19-37)38-28-10-7-6-9-27(28)35-31(38)41/h6-7,9-10,12-15,25H,8,11,16-21H2,1-5H3,(H,35,41). The van der Waals surface area contributed by atoms with Gasteiger partial charge in [-0.15, -0.1) is 0 Å². The molecule has 3 heterocycles. The summed E-state index contributed by atoms with van der Waals surface area (Å²) in [5, 5.41) is 0.682. The topological polar surface area (TPSA) is 93.0 Å². The monoisotopic (exact) mass is 587 g/mol. The summed E-state index contributed by atoms with van der Waals surface area (Å²) in [5.74, 6) is 0.853. The number of aromatic nitrogens is 4. The number of carbonyl (C=O) groups is 1. The van der Waals surface area contributed by atoms with Crippen LogP contribution in [0.25, 0.3) is 11.0 Å². The van der Waals surface area contributed by atoms with Crippen LogP contribution in [0.4, 0.5) is 0 Å². The lowest BCUT2D eigenvalue weighted by atomic mass is 9.86. The fourth-order valence-corrected chi connectivity index (χ4v) is 6.69. The number of rotatable bonds is 8. The SMILES string of the molecule is Cc1nc(SCCCC(=O)N2CCC(n3c(=O)[nH]c4ccccc43)CC2)n(C)c(=O)c1Cc1ccc(C(C)(C)C)cc1. The lowest BCUT2D eigenvalue weighted by Gasteiger charge is -2.32. The van der Waals surface area contributed by atoms with Crippen molar-refractivity contribution < 1.29 is 4.79 Å². The van der Waals surface area contributed by atoms with Gasteiger partial charge in [0.1, 0.15) is 0 Å². The number of aromatic amines is 1. The van der Waals surface area contributed by atoms with Crippen molar-refractivity contribution in [2.75, 3.05) is 18.8 Å². The van der Waals surface area contributed by atoms with Crippen LogP contribution in [0.5, 0.6) is 0 Å². The minimum Gasteiger partial charge on any atom is -0.343 e. The Bertz CT molecular complexity index is 1690. The fraction of sp³-hybridized carbons (Fsp3) is 0.455. The van der Waals surface area contributed by atoms with E-state index in [1.54, 1.807) is 11.6 Å². The predicted molar refractivity (Wildman–Crippen MR) is 170 cm³/mol. The number of nitrogens with one attached hydrogen (secondary N) is 1. The van der Waals surface area contributed by atoms with Crippen molar-refractivity contribution in [1.29, 1.82) is 0 Å². The maximum Gasteiger partial charge on any atom is 0.326 e. The van der Waals surface area contributed by atoms with Gasteiger partial charge >= 0.3 is 5.69 Å². The molecule has 0 atom stereocenters. The summed E-state index contributed by atoms with van der Waals surface area (Å²) in [5.41, 5.74) is 5.61. The normalized spacial score (nSPS) is 14.5. The van der Waals surface area contributed by atoms with E-state index in [1.807, 2.05) is 40.7 Å². The second-order valence-electron chi connectivity index (χ2n) is 12.3. The summed E-state index contributed by atoms with van der Waals surface area (Å²) in [6.07, 6.45) is 3.25. The van der Waals surface area contributed by atoms with E-state index >= 15 is 0 Å². The molecule has 1 N–H and O–H groups in total. The Morgan fingerprint density at radius 2 is 1.74 bits per heavy atom. The number of amides is 1. The number of likely N-dealkylation sites (tertiary alicyclic amines) is 1. The molecular weight excluding hydrogens is 546 g/mol. The minimum absolute atomic E-state index is 0.0156. The molecule has 0 aliphatic carbocycles. The van der Waals surface area contributed by atoms with Gasteiger partial charge in [-0.25, -0.2) is 9.78 Å². The van der Waals surface area contributed by atoms with E-state index in [9.17, 15) is 14.4 Å². The van der Waals surface area contributed by atoms with E-state index in [0.29, 0.717) is 43.3 Å². The molecule has 4 aromatic rings. The second kappa shape index (κ2) is 12.3. The van der Waals surface area contributed by atoms with Crippen LogP contribution in [0.3, 0.4) is 0 Å². The maximum absolute atomic E-state index is 13.2. The number of benzene rings is 2. The largest absolute Gasteiger partial charge is 0.343 e. The zero-order valence-electron chi connectivity index (χ0n) is 25.3. The number of thioether (sulfide) groups is 1. The molecule has 2 aromatic carbocycles. The number of nitrogens with zero attached hydrogens (tertiary/aromatic N) is 4. The Balaban J connectivity index is 1.12. The average Bonchev–Trinajstić information content (AvgIpc) is 3.31. The summed E-state index contributed by atoms with van der Waals surface area (Å²) in [6.45, 7) is 9.78. The molecule has 5 rings (SSSR count). The third kappa shape index (κ3) is 6.41. The molecule has 8 nitrogen and oxygen atoms in total. The first-order valence-corrected chi connectivity index (χ1v) is 15.8. The molecule has 42 heavy (non-hydrogen) atoms. The highest BCUT2D eigenvalue weighted by Crippen LogP contribution is 2.26. The summed E-state index contributed by atoms with van der Waals surface area (Å²) in [4.78, 5) is 48.3. The first kappa shape index (κ1) is 29.9. The van der Waals surface area contributed by atoms with Crippen LogP contribution < -0.4 is 11.2 Å². The highest BCUT2D eigenvalue weighted by atomic mass is 32.2. The number of piperidine rings is 1. The number of aryl methyl sites for hydroxylation is 1. The molecule has 1 amide bonds. The first-order chi connectivity index (χ1) is 20.0. The number of H-pyrrole nitrogens is 1. The lowest BCUT2D eigenvalue weighted by molar-refractivity contribution is -0.132. The molecule has 0 saturated carbocycles. The summed E-state index contributed by atoms with van der Waals surface area (Å²) in [6, 6.07) is 16.3. The van der Waals surface area contributed by atoms with Gasteiger partial charge in [0, 0.05) is 56.0 Å². The number of para-hydroxylation sites is 2. The Morgan fingerprint density at radius 3 is 2.43 bits per heavy atom. The summed E-state index contributed by atoms with van der Waals surface area (Å²) in [7, 11) is 1.78. The maximum atomic E-state index is 13.2. The molecule has 0 radical (unpaired) electrons. The lowest BCUT2D eigenvalue weighted by Crippen LogP contribution is -2.40. The van der Waals surface area contributed by atoms with Gasteiger partial charge < -0.3 is 9.88 Å². The number of hydrogen-bond donors (Lipinski definition) is 1. The zero-order chi connectivity index (χ0) is 30.0. The van der Waals surface area contributed by atoms with Gasteiger partial charge in [0.15, 0.2) is 5.16 Å². The van der Waals surface area contributed by atoms with E-state index < -0.39 is 0 Å². The number of carbonyl (C=O) groups excluding carboxylic acids is 1. The third-order valence-electron chi connectivity index (χ3n) is 8.32. The molecule has 2 aromatic heterocycles. The van der Waals surface area contributed by atoms with E-state index in [4.69, 9.17) is 4.98 Å². The molecule has 1 fully saturated rings. The smallest absolute Gasteiger partial charge is 0.326 e. The van der Waals surface area contributed by atoms with E-state index in [2.05, 4.69) is 50.0 Å². The molecule has 0 bridgehead atoms. The number of imidazole rings is 1. The molecule has 1 saturated heterocycles. The predicted octanol–water partition coefficient (Wildman–Crippen LogP) is 5.36. The van der Waals surface area contributed by atoms with Crippen LogP contribution in [-0.4, -0.2) is 48.8 Å². The van der Waals surface area contributed by atoms with Crippen LogP contribution in [-0.2, 0) is 23.7 Å². The highest BCUT2D eigenvalue weighted by Gasteiger charge is 2.26. The van der Waals surface area contributed by atoms with Gasteiger partial charge in [0.2, 0.25) is 5.91 Å². The number of hydrogen-bond acceptors (Lipinski definition) is 5. The minimum atomic E-state index is -0.0842. The Labute approximate surface area is 251 Å². The van der Waals surface area contributed by atoms with Crippen LogP contribution in [0.2, 0.25) is 0 Å². The van der Waals surface area contributed by atoms with Crippen molar-refractivity contribution in [3.63, 3.8) is 0 Å². The molecule has 0 unspecified atom stereocenters. The number of fused-ring (bicyclic) bond motifs is 1. The van der Waals surface area contributed by atoms with Gasteiger partial charge in [0.25, 0.3) is 5.56 Å². The van der Waals surface area contributed by atoms with Gasteiger partial charge in [-0.1, -0.05) is 68.9 Å². The molecule has 1 aliphatic rings.